The Morgan fingerprint density at radius 3 is 2.95 bits per heavy atom. The minimum atomic E-state index is 0.827. The zero-order valence-corrected chi connectivity index (χ0v) is 11.6. The average Bonchev–Trinajstić information content (AvgIpc) is 3.05. The molecule has 0 aliphatic heterocycles. The van der Waals surface area contributed by atoms with Gasteiger partial charge in [-0.25, -0.2) is 4.98 Å². The third-order valence-electron chi connectivity index (χ3n) is 3.23. The van der Waals surface area contributed by atoms with Gasteiger partial charge in [-0.2, -0.15) is 0 Å². The summed E-state index contributed by atoms with van der Waals surface area (Å²) in [6, 6.07) is 11.9. The van der Waals surface area contributed by atoms with E-state index in [9.17, 15) is 0 Å². The Morgan fingerprint density at radius 2 is 2.15 bits per heavy atom. The van der Waals surface area contributed by atoms with Gasteiger partial charge in [-0.15, -0.1) is 0 Å². The fraction of sp³-hybridized carbons (Fsp3) is 0.0667. The maximum Gasteiger partial charge on any atom is 0.195 e. The van der Waals surface area contributed by atoms with Crippen LogP contribution in [0.4, 0.5) is 0 Å². The molecule has 98 valence electrons. The van der Waals surface area contributed by atoms with Crippen LogP contribution in [0.25, 0.3) is 26.6 Å². The number of aromatic nitrogens is 3. The molecule has 0 saturated heterocycles. The Hall–Kier alpha value is -2.40. The first-order chi connectivity index (χ1) is 9.85. The number of pyridine rings is 1. The molecule has 0 unspecified atom stereocenters. The van der Waals surface area contributed by atoms with E-state index >= 15 is 0 Å². The number of methoxy groups -OCH3 is 1. The van der Waals surface area contributed by atoms with Crippen molar-refractivity contribution in [1.82, 2.24) is 14.4 Å². The lowest BCUT2D eigenvalue weighted by Gasteiger charge is -1.98. The molecular formula is C15H11N3OS. The zero-order valence-electron chi connectivity index (χ0n) is 10.8. The Bertz CT molecular complexity index is 895. The zero-order chi connectivity index (χ0) is 13.5. The number of rotatable bonds is 2. The number of ether oxygens (including phenoxy) is 1. The Labute approximate surface area is 119 Å². The molecule has 0 fully saturated rings. The molecule has 0 radical (unpaired) electrons. The van der Waals surface area contributed by atoms with E-state index in [2.05, 4.69) is 20.6 Å². The summed E-state index contributed by atoms with van der Waals surface area (Å²) in [7, 11) is 1.67. The number of benzene rings is 1. The molecule has 5 heteroatoms. The largest absolute Gasteiger partial charge is 0.497 e. The van der Waals surface area contributed by atoms with Crippen LogP contribution in [-0.2, 0) is 0 Å². The second-order valence-electron chi connectivity index (χ2n) is 4.43. The summed E-state index contributed by atoms with van der Waals surface area (Å²) < 4.78 is 7.33. The predicted molar refractivity (Wildman–Crippen MR) is 80.4 cm³/mol. The first-order valence-electron chi connectivity index (χ1n) is 6.22. The summed E-state index contributed by atoms with van der Waals surface area (Å²) in [5.41, 5.74) is 3.01. The van der Waals surface area contributed by atoms with E-state index < -0.39 is 0 Å². The van der Waals surface area contributed by atoms with Crippen LogP contribution in [0.1, 0.15) is 0 Å². The van der Waals surface area contributed by atoms with Crippen LogP contribution < -0.4 is 4.74 Å². The Balaban J connectivity index is 1.93. The number of nitrogens with zero attached hydrogens (tertiary/aromatic N) is 3. The van der Waals surface area contributed by atoms with Crippen molar-refractivity contribution in [3.63, 3.8) is 0 Å². The summed E-state index contributed by atoms with van der Waals surface area (Å²) >= 11 is 1.64. The van der Waals surface area contributed by atoms with Crippen molar-refractivity contribution in [3.8, 4) is 16.3 Å². The average molecular weight is 281 g/mol. The van der Waals surface area contributed by atoms with E-state index in [1.807, 2.05) is 36.4 Å². The molecule has 1 aromatic carbocycles. The maximum atomic E-state index is 5.23. The van der Waals surface area contributed by atoms with E-state index in [-0.39, 0.29) is 0 Å². The van der Waals surface area contributed by atoms with Gasteiger partial charge in [0.2, 0.25) is 0 Å². The summed E-state index contributed by atoms with van der Waals surface area (Å²) in [5.74, 6) is 0.827. The van der Waals surface area contributed by atoms with Crippen LogP contribution in [0.2, 0.25) is 0 Å². The smallest absolute Gasteiger partial charge is 0.195 e. The highest BCUT2D eigenvalue weighted by Gasteiger charge is 2.11. The first kappa shape index (κ1) is 11.4. The highest BCUT2D eigenvalue weighted by molar-refractivity contribution is 7.20. The Morgan fingerprint density at radius 1 is 1.20 bits per heavy atom. The number of thiazole rings is 1. The first-order valence-corrected chi connectivity index (χ1v) is 7.04. The molecule has 4 nitrogen and oxygen atoms in total. The Kier molecular flexibility index (Phi) is 2.47. The van der Waals surface area contributed by atoms with Crippen molar-refractivity contribution < 1.29 is 4.74 Å². The van der Waals surface area contributed by atoms with Gasteiger partial charge < -0.3 is 4.74 Å². The minimum Gasteiger partial charge on any atom is -0.497 e. The van der Waals surface area contributed by atoms with Crippen molar-refractivity contribution in [3.05, 3.63) is 48.8 Å². The summed E-state index contributed by atoms with van der Waals surface area (Å²) in [4.78, 5) is 11.1. The fourth-order valence-corrected chi connectivity index (χ4v) is 3.22. The standard InChI is InChI=1S/C15H11N3OS/c1-19-10-5-6-13-12(8-10)17-15-18(13)9-14(20-15)11-4-2-3-7-16-11/h2-9H,1H3. The third kappa shape index (κ3) is 1.67. The molecule has 3 heterocycles. The molecule has 0 amide bonds. The predicted octanol–water partition coefficient (Wildman–Crippen LogP) is 3.62. The van der Waals surface area contributed by atoms with Gasteiger partial charge in [0.05, 0.1) is 28.7 Å². The number of imidazole rings is 1. The van der Waals surface area contributed by atoms with Gasteiger partial charge in [0, 0.05) is 18.5 Å². The quantitative estimate of drug-likeness (QED) is 0.563. The summed E-state index contributed by atoms with van der Waals surface area (Å²) in [5, 5.41) is 0. The molecule has 0 bridgehead atoms. The molecule has 0 aliphatic carbocycles. The molecule has 4 aromatic rings. The van der Waals surface area contributed by atoms with E-state index in [0.717, 1.165) is 32.3 Å². The molecule has 0 N–H and O–H groups in total. The SMILES string of the molecule is COc1ccc2c(c1)nc1sc(-c3ccccn3)cn12. The highest BCUT2D eigenvalue weighted by Crippen LogP contribution is 2.30. The van der Waals surface area contributed by atoms with Gasteiger partial charge in [-0.05, 0) is 24.3 Å². The third-order valence-corrected chi connectivity index (χ3v) is 4.23. The number of hydrogen-bond acceptors (Lipinski definition) is 4. The van der Waals surface area contributed by atoms with E-state index in [4.69, 9.17) is 4.74 Å². The molecule has 0 aliphatic rings. The normalized spacial score (nSPS) is 11.2. The van der Waals surface area contributed by atoms with Gasteiger partial charge in [0.25, 0.3) is 0 Å². The lowest BCUT2D eigenvalue weighted by atomic mass is 10.3. The van der Waals surface area contributed by atoms with Crippen LogP contribution in [0.15, 0.2) is 48.8 Å². The second kappa shape index (κ2) is 4.31. The van der Waals surface area contributed by atoms with Crippen molar-refractivity contribution >= 4 is 27.3 Å². The molecule has 20 heavy (non-hydrogen) atoms. The number of hydrogen-bond donors (Lipinski definition) is 0. The van der Waals surface area contributed by atoms with Crippen molar-refractivity contribution in [1.29, 1.82) is 0 Å². The van der Waals surface area contributed by atoms with Crippen LogP contribution in [0, 0.1) is 0 Å². The van der Waals surface area contributed by atoms with Crippen LogP contribution in [0.5, 0.6) is 5.75 Å². The summed E-state index contributed by atoms with van der Waals surface area (Å²) in [6.45, 7) is 0. The highest BCUT2D eigenvalue weighted by atomic mass is 32.1. The topological polar surface area (TPSA) is 39.4 Å². The van der Waals surface area contributed by atoms with Crippen LogP contribution >= 0.6 is 11.3 Å². The molecule has 0 saturated carbocycles. The molecule has 4 rings (SSSR count). The van der Waals surface area contributed by atoms with Crippen molar-refractivity contribution in [2.45, 2.75) is 0 Å². The second-order valence-corrected chi connectivity index (χ2v) is 5.44. The van der Waals surface area contributed by atoms with Crippen molar-refractivity contribution in [2.24, 2.45) is 0 Å². The molecule has 0 atom stereocenters. The van der Waals surface area contributed by atoms with Gasteiger partial charge in [-0.1, -0.05) is 17.4 Å². The van der Waals surface area contributed by atoms with Gasteiger partial charge >= 0.3 is 0 Å². The van der Waals surface area contributed by atoms with Gasteiger partial charge in [0.15, 0.2) is 4.96 Å². The van der Waals surface area contributed by atoms with Crippen LogP contribution in [-0.4, -0.2) is 21.5 Å². The van der Waals surface area contributed by atoms with E-state index in [1.54, 1.807) is 24.6 Å². The minimum absolute atomic E-state index is 0.827. The molecular weight excluding hydrogens is 270 g/mol. The summed E-state index contributed by atoms with van der Waals surface area (Å²) in [6.07, 6.45) is 3.89. The van der Waals surface area contributed by atoms with Gasteiger partial charge in [-0.3, -0.25) is 9.38 Å². The number of fused-ring (bicyclic) bond motifs is 3. The molecule has 0 spiro atoms. The monoisotopic (exact) mass is 281 g/mol. The van der Waals surface area contributed by atoms with E-state index in [1.165, 1.54) is 0 Å². The lowest BCUT2D eigenvalue weighted by Crippen LogP contribution is -1.83. The lowest BCUT2D eigenvalue weighted by molar-refractivity contribution is 0.415. The maximum absolute atomic E-state index is 5.23. The molecule has 3 aromatic heterocycles. The van der Waals surface area contributed by atoms with E-state index in [0.29, 0.717) is 0 Å². The van der Waals surface area contributed by atoms with Crippen molar-refractivity contribution in [2.75, 3.05) is 7.11 Å². The van der Waals surface area contributed by atoms with Gasteiger partial charge in [0.1, 0.15) is 5.75 Å². The fourth-order valence-electron chi connectivity index (χ4n) is 2.25. The van der Waals surface area contributed by atoms with Crippen LogP contribution in [0.3, 0.4) is 0 Å².